The van der Waals surface area contributed by atoms with Crippen LogP contribution >= 0.6 is 0 Å². The number of morpholine rings is 1. The molecule has 0 aromatic heterocycles. The number of nitrogens with one attached hydrogen (secondary N) is 1. The van der Waals surface area contributed by atoms with E-state index in [0.717, 1.165) is 30.0 Å². The zero-order valence-electron chi connectivity index (χ0n) is 15.8. The second-order valence-corrected chi connectivity index (χ2v) is 6.46. The molecule has 0 saturated carbocycles. The van der Waals surface area contributed by atoms with Crippen molar-refractivity contribution in [1.29, 1.82) is 0 Å². The number of amides is 2. The summed E-state index contributed by atoms with van der Waals surface area (Å²) in [6.07, 6.45) is 0. The summed E-state index contributed by atoms with van der Waals surface area (Å²) in [5, 5.41) is 2.79. The fraction of sp³-hybridized carbons (Fsp3) is 0.333. The highest BCUT2D eigenvalue weighted by atomic mass is 16.5. The Hall–Kier alpha value is -2.86. The minimum absolute atomic E-state index is 0.417. The third-order valence-electron chi connectivity index (χ3n) is 4.57. The number of hydrogen-bond acceptors (Lipinski definition) is 4. The van der Waals surface area contributed by atoms with Gasteiger partial charge in [0.05, 0.1) is 24.6 Å². The number of hydrogen-bond donors (Lipinski definition) is 1. The van der Waals surface area contributed by atoms with E-state index in [1.54, 1.807) is 0 Å². The van der Waals surface area contributed by atoms with Gasteiger partial charge < -0.3 is 19.9 Å². The second kappa shape index (κ2) is 8.68. The molecule has 27 heavy (non-hydrogen) atoms. The zero-order valence-corrected chi connectivity index (χ0v) is 15.8. The van der Waals surface area contributed by atoms with Crippen molar-refractivity contribution in [2.45, 2.75) is 13.8 Å². The number of nitrogens with zero attached hydrogens (tertiary/aromatic N) is 2. The van der Waals surface area contributed by atoms with Crippen LogP contribution < -0.4 is 15.1 Å². The first-order valence-corrected chi connectivity index (χ1v) is 9.21. The molecule has 0 unspecified atom stereocenters. The summed E-state index contributed by atoms with van der Waals surface area (Å²) in [5.74, 6) is -1.21. The molecule has 1 heterocycles. The number of benzene rings is 2. The van der Waals surface area contributed by atoms with Crippen molar-refractivity contribution in [2.24, 2.45) is 0 Å². The molecule has 3 rings (SSSR count). The molecule has 142 valence electrons. The van der Waals surface area contributed by atoms with Gasteiger partial charge in [0.15, 0.2) is 0 Å². The summed E-state index contributed by atoms with van der Waals surface area (Å²) in [6, 6.07) is 15.1. The number of carbonyl (C=O) groups is 2. The molecule has 0 bridgehead atoms. The molecule has 0 atom stereocenters. The van der Waals surface area contributed by atoms with Gasteiger partial charge in [0, 0.05) is 25.3 Å². The van der Waals surface area contributed by atoms with Gasteiger partial charge in [-0.2, -0.15) is 0 Å². The fourth-order valence-electron chi connectivity index (χ4n) is 3.20. The van der Waals surface area contributed by atoms with Gasteiger partial charge in [-0.25, -0.2) is 0 Å². The summed E-state index contributed by atoms with van der Waals surface area (Å²) in [6.45, 7) is 7.04. The van der Waals surface area contributed by atoms with E-state index in [-0.39, 0.29) is 0 Å². The van der Waals surface area contributed by atoms with E-state index in [0.29, 0.717) is 25.4 Å². The first-order chi connectivity index (χ1) is 13.1. The van der Waals surface area contributed by atoms with Crippen molar-refractivity contribution in [3.63, 3.8) is 0 Å². The van der Waals surface area contributed by atoms with Gasteiger partial charge in [-0.05, 0) is 43.7 Å². The highest BCUT2D eigenvalue weighted by Crippen LogP contribution is 2.26. The van der Waals surface area contributed by atoms with E-state index in [2.05, 4.69) is 10.2 Å². The smallest absolute Gasteiger partial charge is 0.316 e. The van der Waals surface area contributed by atoms with Gasteiger partial charge in [0.2, 0.25) is 0 Å². The maximum atomic E-state index is 12.8. The molecule has 2 amide bonds. The summed E-state index contributed by atoms with van der Waals surface area (Å²) in [5.41, 5.74) is 3.30. The maximum absolute atomic E-state index is 12.8. The van der Waals surface area contributed by atoms with Crippen LogP contribution in [0, 0.1) is 6.92 Å². The standard InChI is InChI=1S/C21H25N3O3/c1-3-24(17-8-6-7-16(2)15-17)21(26)20(25)22-18-9-4-5-10-19(18)23-11-13-27-14-12-23/h4-10,15H,3,11-14H2,1-2H3,(H,22,25). The molecule has 0 spiro atoms. The van der Waals surface area contributed by atoms with E-state index in [1.807, 2.05) is 62.4 Å². The van der Waals surface area contributed by atoms with Crippen LogP contribution in [0.4, 0.5) is 17.1 Å². The van der Waals surface area contributed by atoms with Crippen LogP contribution in [0.15, 0.2) is 48.5 Å². The van der Waals surface area contributed by atoms with Gasteiger partial charge in [-0.15, -0.1) is 0 Å². The summed E-state index contributed by atoms with van der Waals surface area (Å²) >= 11 is 0. The van der Waals surface area contributed by atoms with E-state index >= 15 is 0 Å². The van der Waals surface area contributed by atoms with Crippen LogP contribution in [0.3, 0.4) is 0 Å². The molecule has 1 N–H and O–H groups in total. The van der Waals surface area contributed by atoms with E-state index in [9.17, 15) is 9.59 Å². The fourth-order valence-corrected chi connectivity index (χ4v) is 3.20. The number of para-hydroxylation sites is 2. The SMILES string of the molecule is CCN(C(=O)C(=O)Nc1ccccc1N1CCOCC1)c1cccc(C)c1. The molecular formula is C21H25N3O3. The van der Waals surface area contributed by atoms with Crippen molar-refractivity contribution in [3.8, 4) is 0 Å². The quantitative estimate of drug-likeness (QED) is 0.844. The number of carbonyl (C=O) groups excluding carboxylic acids is 2. The summed E-state index contributed by atoms with van der Waals surface area (Å²) < 4.78 is 5.40. The predicted molar refractivity (Wildman–Crippen MR) is 107 cm³/mol. The highest BCUT2D eigenvalue weighted by Gasteiger charge is 2.24. The Balaban J connectivity index is 1.77. The van der Waals surface area contributed by atoms with Crippen LogP contribution in [0.2, 0.25) is 0 Å². The molecule has 2 aromatic carbocycles. The Bertz CT molecular complexity index is 816. The first kappa shape index (κ1) is 18.9. The topological polar surface area (TPSA) is 61.9 Å². The van der Waals surface area contributed by atoms with Gasteiger partial charge in [-0.3, -0.25) is 9.59 Å². The van der Waals surface area contributed by atoms with Gasteiger partial charge in [-0.1, -0.05) is 24.3 Å². The van der Waals surface area contributed by atoms with Crippen molar-refractivity contribution in [1.82, 2.24) is 0 Å². The minimum Gasteiger partial charge on any atom is -0.378 e. The van der Waals surface area contributed by atoms with Crippen molar-refractivity contribution in [2.75, 3.05) is 48.0 Å². The third-order valence-corrected chi connectivity index (χ3v) is 4.57. The molecule has 1 aliphatic heterocycles. The number of rotatable bonds is 4. The lowest BCUT2D eigenvalue weighted by Gasteiger charge is -2.30. The molecule has 0 radical (unpaired) electrons. The van der Waals surface area contributed by atoms with Crippen LogP contribution in [0.1, 0.15) is 12.5 Å². The third kappa shape index (κ3) is 4.46. The Labute approximate surface area is 159 Å². The molecule has 2 aromatic rings. The number of anilines is 3. The molecule has 6 heteroatoms. The van der Waals surface area contributed by atoms with Gasteiger partial charge in [0.1, 0.15) is 0 Å². The van der Waals surface area contributed by atoms with Crippen LogP contribution in [0.25, 0.3) is 0 Å². The molecule has 1 fully saturated rings. The Morgan fingerprint density at radius 1 is 1.11 bits per heavy atom. The molecule has 1 saturated heterocycles. The predicted octanol–water partition coefficient (Wildman–Crippen LogP) is 2.82. The zero-order chi connectivity index (χ0) is 19.2. The molecule has 1 aliphatic rings. The molecular weight excluding hydrogens is 342 g/mol. The molecule has 6 nitrogen and oxygen atoms in total. The van der Waals surface area contributed by atoms with Crippen LogP contribution in [0.5, 0.6) is 0 Å². The lowest BCUT2D eigenvalue weighted by atomic mass is 10.2. The Morgan fingerprint density at radius 3 is 2.56 bits per heavy atom. The average molecular weight is 367 g/mol. The minimum atomic E-state index is -0.640. The Morgan fingerprint density at radius 2 is 1.85 bits per heavy atom. The first-order valence-electron chi connectivity index (χ1n) is 9.21. The average Bonchev–Trinajstić information content (AvgIpc) is 2.69. The summed E-state index contributed by atoms with van der Waals surface area (Å²) in [7, 11) is 0. The van der Waals surface area contributed by atoms with Gasteiger partial charge in [0.25, 0.3) is 0 Å². The van der Waals surface area contributed by atoms with Crippen LogP contribution in [-0.4, -0.2) is 44.7 Å². The number of ether oxygens (including phenoxy) is 1. The second-order valence-electron chi connectivity index (χ2n) is 6.46. The lowest BCUT2D eigenvalue weighted by molar-refractivity contribution is -0.134. The lowest BCUT2D eigenvalue weighted by Crippen LogP contribution is -2.40. The molecule has 0 aliphatic carbocycles. The Kier molecular flexibility index (Phi) is 6.08. The van der Waals surface area contributed by atoms with E-state index in [1.165, 1.54) is 4.90 Å². The van der Waals surface area contributed by atoms with E-state index in [4.69, 9.17) is 4.74 Å². The van der Waals surface area contributed by atoms with Crippen LogP contribution in [-0.2, 0) is 14.3 Å². The van der Waals surface area contributed by atoms with Crippen molar-refractivity contribution >= 4 is 28.9 Å². The number of likely N-dealkylation sites (N-methyl/N-ethyl adjacent to an activating group) is 1. The van der Waals surface area contributed by atoms with Crippen molar-refractivity contribution < 1.29 is 14.3 Å². The monoisotopic (exact) mass is 367 g/mol. The van der Waals surface area contributed by atoms with E-state index < -0.39 is 11.8 Å². The largest absolute Gasteiger partial charge is 0.378 e. The number of aryl methyl sites for hydroxylation is 1. The highest BCUT2D eigenvalue weighted by molar-refractivity contribution is 6.44. The maximum Gasteiger partial charge on any atom is 0.316 e. The van der Waals surface area contributed by atoms with Gasteiger partial charge >= 0.3 is 11.8 Å². The normalized spacial score (nSPS) is 13.9. The van der Waals surface area contributed by atoms with Crippen molar-refractivity contribution in [3.05, 3.63) is 54.1 Å². The summed E-state index contributed by atoms with van der Waals surface area (Å²) in [4.78, 5) is 29.1.